The average molecular weight is 473 g/mol. The summed E-state index contributed by atoms with van der Waals surface area (Å²) in [4.78, 5) is 37.5. The number of halogens is 1. The fraction of sp³-hybridized carbons (Fsp3) is 0.160. The van der Waals surface area contributed by atoms with Crippen LogP contribution in [0.2, 0.25) is 0 Å². The molecule has 10 heteroatoms. The van der Waals surface area contributed by atoms with Crippen LogP contribution in [0.1, 0.15) is 32.9 Å². The van der Waals surface area contributed by atoms with Crippen LogP contribution in [0, 0.1) is 31.0 Å². The van der Waals surface area contributed by atoms with E-state index in [0.717, 1.165) is 15.9 Å². The number of hydrogen-bond donors (Lipinski definition) is 2. The van der Waals surface area contributed by atoms with Gasteiger partial charge in [0, 0.05) is 17.6 Å². The molecule has 0 spiro atoms. The molecule has 0 bridgehead atoms. The highest BCUT2D eigenvalue weighted by Gasteiger charge is 2.22. The molecule has 0 aliphatic rings. The fourth-order valence-corrected chi connectivity index (χ4v) is 3.91. The molecule has 0 aliphatic carbocycles. The average Bonchev–Trinajstić information content (AvgIpc) is 3.05. The van der Waals surface area contributed by atoms with E-state index in [1.165, 1.54) is 24.3 Å². The minimum atomic E-state index is -1.33. The molecule has 0 radical (unpaired) electrons. The summed E-state index contributed by atoms with van der Waals surface area (Å²) in [7, 11) is 0. The Morgan fingerprint density at radius 1 is 1.11 bits per heavy atom. The van der Waals surface area contributed by atoms with E-state index in [1.54, 1.807) is 42.7 Å². The van der Waals surface area contributed by atoms with Gasteiger partial charge in [-0.05, 0) is 43.2 Å². The number of benzene rings is 2. The Bertz CT molecular complexity index is 1580. The maximum absolute atomic E-state index is 13.3. The third kappa shape index (κ3) is 4.39. The lowest BCUT2D eigenvalue weighted by molar-refractivity contribution is -0.117. The molecule has 0 fully saturated rings. The van der Waals surface area contributed by atoms with Crippen LogP contribution in [-0.2, 0) is 17.9 Å². The largest absolute Gasteiger partial charge is 0.476 e. The van der Waals surface area contributed by atoms with Gasteiger partial charge in [0.05, 0.1) is 10.9 Å². The number of carbonyl (C=O) groups is 2. The zero-order valence-corrected chi connectivity index (χ0v) is 18.9. The SMILES string of the molecule is Cc1c(C#N)c(NC(=O)Cn2nc(C(=O)O)c3ccccc3c2=O)n(Cc2ccc(F)cc2)c1C. The van der Waals surface area contributed by atoms with Crippen molar-refractivity contribution in [2.45, 2.75) is 26.9 Å². The molecule has 176 valence electrons. The van der Waals surface area contributed by atoms with Crippen LogP contribution in [0.25, 0.3) is 10.8 Å². The predicted molar refractivity (Wildman–Crippen MR) is 126 cm³/mol. The van der Waals surface area contributed by atoms with Gasteiger partial charge in [-0.15, -0.1) is 0 Å². The van der Waals surface area contributed by atoms with Crippen LogP contribution in [0.15, 0.2) is 53.3 Å². The lowest BCUT2D eigenvalue weighted by atomic mass is 10.1. The first-order chi connectivity index (χ1) is 16.7. The van der Waals surface area contributed by atoms with E-state index in [2.05, 4.69) is 16.5 Å². The van der Waals surface area contributed by atoms with Crippen molar-refractivity contribution in [3.63, 3.8) is 0 Å². The second-order valence-corrected chi connectivity index (χ2v) is 7.97. The van der Waals surface area contributed by atoms with Gasteiger partial charge in [-0.1, -0.05) is 30.3 Å². The smallest absolute Gasteiger partial charge is 0.357 e. The molecule has 4 aromatic rings. The zero-order chi connectivity index (χ0) is 25.3. The second-order valence-electron chi connectivity index (χ2n) is 7.97. The van der Waals surface area contributed by atoms with Crippen LogP contribution in [0.3, 0.4) is 0 Å². The van der Waals surface area contributed by atoms with Crippen molar-refractivity contribution in [2.75, 3.05) is 5.32 Å². The first-order valence-corrected chi connectivity index (χ1v) is 10.6. The van der Waals surface area contributed by atoms with E-state index in [0.29, 0.717) is 5.56 Å². The van der Waals surface area contributed by atoms with E-state index in [1.807, 2.05) is 0 Å². The highest BCUT2D eigenvalue weighted by molar-refractivity contribution is 6.01. The number of rotatable bonds is 6. The summed E-state index contributed by atoms with van der Waals surface area (Å²) in [6, 6.07) is 14.1. The second kappa shape index (κ2) is 9.23. The van der Waals surface area contributed by atoms with E-state index >= 15 is 0 Å². The number of amides is 1. The summed E-state index contributed by atoms with van der Waals surface area (Å²) < 4.78 is 15.8. The number of carbonyl (C=O) groups excluding carboxylic acids is 1. The molecular formula is C25H20FN5O4. The molecule has 2 N–H and O–H groups in total. The topological polar surface area (TPSA) is 130 Å². The summed E-state index contributed by atoms with van der Waals surface area (Å²) in [5.74, 6) is -2.15. The van der Waals surface area contributed by atoms with Gasteiger partial charge in [0.1, 0.15) is 24.2 Å². The molecule has 4 rings (SSSR count). The first-order valence-electron chi connectivity index (χ1n) is 10.6. The van der Waals surface area contributed by atoms with Gasteiger partial charge in [0.25, 0.3) is 5.56 Å². The molecule has 2 heterocycles. The molecule has 0 unspecified atom stereocenters. The number of fused-ring (bicyclic) bond motifs is 1. The number of carboxylic acids is 1. The van der Waals surface area contributed by atoms with Gasteiger partial charge < -0.3 is 15.0 Å². The molecule has 0 aliphatic heterocycles. The number of nitrogens with one attached hydrogen (secondary N) is 1. The maximum atomic E-state index is 13.3. The molecule has 9 nitrogen and oxygen atoms in total. The van der Waals surface area contributed by atoms with Gasteiger partial charge in [0.2, 0.25) is 5.91 Å². The van der Waals surface area contributed by atoms with Crippen molar-refractivity contribution in [1.82, 2.24) is 14.3 Å². The maximum Gasteiger partial charge on any atom is 0.357 e. The van der Waals surface area contributed by atoms with E-state index in [4.69, 9.17) is 0 Å². The molecule has 1 amide bonds. The van der Waals surface area contributed by atoms with Crippen molar-refractivity contribution in [1.29, 1.82) is 5.26 Å². The number of aromatic carboxylic acids is 1. The van der Waals surface area contributed by atoms with Crippen LogP contribution >= 0.6 is 0 Å². The van der Waals surface area contributed by atoms with Crippen molar-refractivity contribution in [3.8, 4) is 6.07 Å². The quantitative estimate of drug-likeness (QED) is 0.442. The van der Waals surface area contributed by atoms with Gasteiger partial charge >= 0.3 is 5.97 Å². The van der Waals surface area contributed by atoms with Gasteiger partial charge in [-0.2, -0.15) is 10.4 Å². The Morgan fingerprint density at radius 3 is 2.40 bits per heavy atom. The highest BCUT2D eigenvalue weighted by Crippen LogP contribution is 2.27. The third-order valence-electron chi connectivity index (χ3n) is 5.82. The first kappa shape index (κ1) is 23.4. The van der Waals surface area contributed by atoms with Crippen LogP contribution in [0.5, 0.6) is 0 Å². The van der Waals surface area contributed by atoms with Crippen molar-refractivity contribution in [3.05, 3.63) is 92.8 Å². The number of hydrogen-bond acceptors (Lipinski definition) is 5. The molecule has 35 heavy (non-hydrogen) atoms. The van der Waals surface area contributed by atoms with Crippen LogP contribution in [-0.4, -0.2) is 31.3 Å². The number of nitrogens with zero attached hydrogens (tertiary/aromatic N) is 4. The zero-order valence-electron chi connectivity index (χ0n) is 18.9. The van der Waals surface area contributed by atoms with Gasteiger partial charge in [0.15, 0.2) is 5.69 Å². The van der Waals surface area contributed by atoms with Crippen LogP contribution in [0.4, 0.5) is 10.2 Å². The fourth-order valence-electron chi connectivity index (χ4n) is 3.91. The molecule has 2 aromatic heterocycles. The van der Waals surface area contributed by atoms with E-state index in [-0.39, 0.29) is 40.2 Å². The Labute approximate surface area is 198 Å². The summed E-state index contributed by atoms with van der Waals surface area (Å²) in [6.07, 6.45) is 0. The summed E-state index contributed by atoms with van der Waals surface area (Å²) in [5.41, 5.74) is 1.44. The van der Waals surface area contributed by atoms with Gasteiger partial charge in [-0.3, -0.25) is 9.59 Å². The summed E-state index contributed by atoms with van der Waals surface area (Å²) >= 11 is 0. The Kier molecular flexibility index (Phi) is 6.16. The van der Waals surface area contributed by atoms with Crippen LogP contribution < -0.4 is 10.9 Å². The molecule has 2 aromatic carbocycles. The van der Waals surface area contributed by atoms with Crippen molar-refractivity contribution < 1.29 is 19.1 Å². The molecule has 0 saturated heterocycles. The number of nitriles is 1. The lowest BCUT2D eigenvalue weighted by Gasteiger charge is -2.14. The third-order valence-corrected chi connectivity index (χ3v) is 5.82. The monoisotopic (exact) mass is 473 g/mol. The minimum absolute atomic E-state index is 0.122. The number of aromatic nitrogens is 3. The van der Waals surface area contributed by atoms with E-state index in [9.17, 15) is 29.1 Å². The molecular weight excluding hydrogens is 453 g/mol. The van der Waals surface area contributed by atoms with E-state index < -0.39 is 24.0 Å². The molecule has 0 saturated carbocycles. The Morgan fingerprint density at radius 2 is 1.77 bits per heavy atom. The lowest BCUT2D eigenvalue weighted by Crippen LogP contribution is -2.32. The Hall–Kier alpha value is -4.78. The summed E-state index contributed by atoms with van der Waals surface area (Å²) in [5, 5.41) is 26.1. The number of carboxylic acid groups (broad SMARTS) is 1. The standard InChI is InChI=1S/C25H20FN5O4/c1-14-15(2)30(12-16-7-9-17(26)10-8-16)23(20(14)11-27)28-21(32)13-31-24(33)19-6-4-3-5-18(19)22(29-31)25(34)35/h3-10H,12-13H2,1-2H3,(H,28,32)(H,34,35). The highest BCUT2D eigenvalue weighted by atomic mass is 19.1. The Balaban J connectivity index is 1.70. The van der Waals surface area contributed by atoms with Crippen molar-refractivity contribution in [2.24, 2.45) is 0 Å². The molecule has 0 atom stereocenters. The van der Waals surface area contributed by atoms with Gasteiger partial charge in [-0.25, -0.2) is 13.9 Å². The summed E-state index contributed by atoms with van der Waals surface area (Å²) in [6.45, 7) is 3.25. The van der Waals surface area contributed by atoms with Crippen molar-refractivity contribution >= 4 is 28.5 Å². The normalized spacial score (nSPS) is 10.8. The number of anilines is 1. The minimum Gasteiger partial charge on any atom is -0.476 e. The predicted octanol–water partition coefficient (Wildman–Crippen LogP) is 3.21.